The second-order valence-corrected chi connectivity index (χ2v) is 4.68. The summed E-state index contributed by atoms with van der Waals surface area (Å²) in [4.78, 5) is 0. The molecule has 0 aliphatic rings. The molecule has 1 N–H and O–H groups in total. The predicted molar refractivity (Wildman–Crippen MR) is 70.5 cm³/mol. The molecule has 4 heteroatoms. The Labute approximate surface area is 111 Å². The highest BCUT2D eigenvalue weighted by Gasteiger charge is 2.01. The van der Waals surface area contributed by atoms with Crippen LogP contribution in [0.15, 0.2) is 34.7 Å². The lowest BCUT2D eigenvalue weighted by atomic mass is 10.2. The Hall–Kier alpha value is -0.960. The summed E-state index contributed by atoms with van der Waals surface area (Å²) in [5, 5.41) is 4.45. The van der Waals surface area contributed by atoms with Crippen molar-refractivity contribution in [3.05, 3.63) is 57.5 Å². The summed E-state index contributed by atoms with van der Waals surface area (Å²) in [7, 11) is 0. The summed E-state index contributed by atoms with van der Waals surface area (Å²) < 4.78 is 5.45. The second kappa shape index (κ2) is 5.58. The van der Waals surface area contributed by atoms with Crippen molar-refractivity contribution in [1.82, 2.24) is 5.32 Å². The van der Waals surface area contributed by atoms with Gasteiger partial charge in [0, 0.05) is 6.54 Å². The predicted octanol–water partition coefficient (Wildman–Crippen LogP) is 4.18. The topological polar surface area (TPSA) is 25.2 Å². The highest BCUT2D eigenvalue weighted by atomic mass is 35.5. The van der Waals surface area contributed by atoms with Crippen LogP contribution in [0.1, 0.15) is 17.1 Å². The van der Waals surface area contributed by atoms with Gasteiger partial charge in [0.25, 0.3) is 0 Å². The highest BCUT2D eigenvalue weighted by molar-refractivity contribution is 6.42. The molecule has 0 amide bonds. The molecule has 90 valence electrons. The Balaban J connectivity index is 1.87. The van der Waals surface area contributed by atoms with Gasteiger partial charge in [0.15, 0.2) is 0 Å². The van der Waals surface area contributed by atoms with Crippen LogP contribution in [0.2, 0.25) is 10.0 Å². The SMILES string of the molecule is Cc1ccc(CNCc2ccc(Cl)c(Cl)c2)o1. The first-order valence-corrected chi connectivity index (χ1v) is 6.11. The van der Waals surface area contributed by atoms with E-state index in [1.165, 1.54) is 0 Å². The van der Waals surface area contributed by atoms with Gasteiger partial charge in [0.2, 0.25) is 0 Å². The van der Waals surface area contributed by atoms with Crippen molar-refractivity contribution in [2.75, 3.05) is 0 Å². The standard InChI is InChI=1S/C13H13Cl2NO/c1-9-2-4-11(17-9)8-16-7-10-3-5-12(14)13(15)6-10/h2-6,16H,7-8H2,1H3. The molecule has 0 saturated carbocycles. The normalized spacial score (nSPS) is 10.8. The highest BCUT2D eigenvalue weighted by Crippen LogP contribution is 2.22. The van der Waals surface area contributed by atoms with E-state index in [0.717, 1.165) is 23.6 Å². The van der Waals surface area contributed by atoms with E-state index in [0.29, 0.717) is 16.6 Å². The van der Waals surface area contributed by atoms with Crippen LogP contribution in [0, 0.1) is 6.92 Å². The molecule has 0 aliphatic carbocycles. The van der Waals surface area contributed by atoms with Gasteiger partial charge in [-0.15, -0.1) is 0 Å². The third-order valence-electron chi connectivity index (χ3n) is 2.41. The molecule has 1 aromatic carbocycles. The molecule has 0 bridgehead atoms. The van der Waals surface area contributed by atoms with E-state index in [4.69, 9.17) is 27.6 Å². The largest absolute Gasteiger partial charge is 0.465 e. The monoisotopic (exact) mass is 269 g/mol. The molecule has 0 saturated heterocycles. The minimum atomic E-state index is 0.581. The summed E-state index contributed by atoms with van der Waals surface area (Å²) in [6.07, 6.45) is 0. The molecule has 0 unspecified atom stereocenters. The van der Waals surface area contributed by atoms with Crippen LogP contribution in [0.3, 0.4) is 0 Å². The van der Waals surface area contributed by atoms with Gasteiger partial charge in [-0.25, -0.2) is 0 Å². The second-order valence-electron chi connectivity index (χ2n) is 3.86. The van der Waals surface area contributed by atoms with Gasteiger partial charge in [-0.1, -0.05) is 29.3 Å². The summed E-state index contributed by atoms with van der Waals surface area (Å²) in [6, 6.07) is 9.55. The number of hydrogen-bond donors (Lipinski definition) is 1. The Morgan fingerprint density at radius 2 is 1.88 bits per heavy atom. The number of nitrogens with one attached hydrogen (secondary N) is 1. The summed E-state index contributed by atoms with van der Waals surface area (Å²) >= 11 is 11.8. The van der Waals surface area contributed by atoms with Gasteiger partial charge in [-0.2, -0.15) is 0 Å². The van der Waals surface area contributed by atoms with E-state index in [-0.39, 0.29) is 0 Å². The molecule has 1 aromatic heterocycles. The fourth-order valence-corrected chi connectivity index (χ4v) is 1.88. The maximum Gasteiger partial charge on any atom is 0.117 e. The Bertz CT molecular complexity index is 508. The van der Waals surface area contributed by atoms with Crippen molar-refractivity contribution in [3.63, 3.8) is 0 Å². The van der Waals surface area contributed by atoms with Gasteiger partial charge in [-0.05, 0) is 36.8 Å². The van der Waals surface area contributed by atoms with E-state index in [2.05, 4.69) is 5.32 Å². The lowest BCUT2D eigenvalue weighted by Crippen LogP contribution is -2.12. The Morgan fingerprint density at radius 3 is 2.53 bits per heavy atom. The molecule has 0 aliphatic heterocycles. The van der Waals surface area contributed by atoms with Gasteiger partial charge in [0.1, 0.15) is 11.5 Å². The van der Waals surface area contributed by atoms with Crippen LogP contribution in [-0.2, 0) is 13.1 Å². The number of halogens is 2. The van der Waals surface area contributed by atoms with Crippen molar-refractivity contribution < 1.29 is 4.42 Å². The first-order valence-electron chi connectivity index (χ1n) is 5.35. The van der Waals surface area contributed by atoms with Crippen LogP contribution in [0.5, 0.6) is 0 Å². The third kappa shape index (κ3) is 3.50. The van der Waals surface area contributed by atoms with Crippen LogP contribution in [0.4, 0.5) is 0 Å². The fraction of sp³-hybridized carbons (Fsp3) is 0.231. The lowest BCUT2D eigenvalue weighted by Gasteiger charge is -2.04. The molecule has 17 heavy (non-hydrogen) atoms. The van der Waals surface area contributed by atoms with Gasteiger partial charge in [-0.3, -0.25) is 0 Å². The van der Waals surface area contributed by atoms with Crippen LogP contribution < -0.4 is 5.32 Å². The quantitative estimate of drug-likeness (QED) is 0.901. The molecule has 2 aromatic rings. The zero-order chi connectivity index (χ0) is 12.3. The molecule has 0 atom stereocenters. The Morgan fingerprint density at radius 1 is 1.06 bits per heavy atom. The van der Waals surface area contributed by atoms with E-state index in [1.807, 2.05) is 31.2 Å². The van der Waals surface area contributed by atoms with Crippen molar-refractivity contribution in [2.45, 2.75) is 20.0 Å². The molecule has 1 heterocycles. The van der Waals surface area contributed by atoms with Crippen molar-refractivity contribution in [2.24, 2.45) is 0 Å². The number of furan rings is 1. The summed E-state index contributed by atoms with van der Waals surface area (Å²) in [5.74, 6) is 1.86. The maximum atomic E-state index is 5.93. The maximum absolute atomic E-state index is 5.93. The first kappa shape index (κ1) is 12.5. The minimum absolute atomic E-state index is 0.581. The van der Waals surface area contributed by atoms with E-state index < -0.39 is 0 Å². The van der Waals surface area contributed by atoms with Crippen molar-refractivity contribution >= 4 is 23.2 Å². The van der Waals surface area contributed by atoms with Crippen LogP contribution >= 0.6 is 23.2 Å². The number of benzene rings is 1. The molecule has 0 radical (unpaired) electrons. The van der Waals surface area contributed by atoms with Gasteiger partial charge < -0.3 is 9.73 Å². The molecule has 0 spiro atoms. The van der Waals surface area contributed by atoms with E-state index >= 15 is 0 Å². The summed E-state index contributed by atoms with van der Waals surface area (Å²) in [5.41, 5.74) is 1.10. The van der Waals surface area contributed by atoms with Crippen LogP contribution in [0.25, 0.3) is 0 Å². The average molecular weight is 270 g/mol. The number of aryl methyl sites for hydroxylation is 1. The average Bonchev–Trinajstić information content (AvgIpc) is 2.70. The smallest absolute Gasteiger partial charge is 0.117 e. The first-order chi connectivity index (χ1) is 8.15. The molecular formula is C13H13Cl2NO. The fourth-order valence-electron chi connectivity index (χ4n) is 1.56. The van der Waals surface area contributed by atoms with Gasteiger partial charge >= 0.3 is 0 Å². The lowest BCUT2D eigenvalue weighted by molar-refractivity contribution is 0.462. The minimum Gasteiger partial charge on any atom is -0.465 e. The van der Waals surface area contributed by atoms with Crippen molar-refractivity contribution in [1.29, 1.82) is 0 Å². The van der Waals surface area contributed by atoms with Gasteiger partial charge in [0.05, 0.1) is 16.6 Å². The molecule has 0 fully saturated rings. The van der Waals surface area contributed by atoms with E-state index in [1.54, 1.807) is 6.07 Å². The zero-order valence-corrected chi connectivity index (χ0v) is 11.0. The Kier molecular flexibility index (Phi) is 4.11. The number of rotatable bonds is 4. The zero-order valence-electron chi connectivity index (χ0n) is 9.47. The molecular weight excluding hydrogens is 257 g/mol. The van der Waals surface area contributed by atoms with Crippen molar-refractivity contribution in [3.8, 4) is 0 Å². The van der Waals surface area contributed by atoms with E-state index in [9.17, 15) is 0 Å². The number of hydrogen-bond acceptors (Lipinski definition) is 2. The van der Waals surface area contributed by atoms with Crippen LogP contribution in [-0.4, -0.2) is 0 Å². The molecule has 2 rings (SSSR count). The third-order valence-corrected chi connectivity index (χ3v) is 3.15. The molecule has 2 nitrogen and oxygen atoms in total. The summed E-state index contributed by atoms with van der Waals surface area (Å²) in [6.45, 7) is 3.37.